The van der Waals surface area contributed by atoms with Crippen LogP contribution in [0.3, 0.4) is 0 Å². The lowest BCUT2D eigenvalue weighted by Crippen LogP contribution is -2.23. The molecule has 128 valence electrons. The Morgan fingerprint density at radius 1 is 0.667 bits per heavy atom. The van der Waals surface area contributed by atoms with Gasteiger partial charge in [0.1, 0.15) is 0 Å². The van der Waals surface area contributed by atoms with E-state index in [1.807, 2.05) is 10.6 Å². The van der Waals surface area contributed by atoms with Gasteiger partial charge in [0.15, 0.2) is 0 Å². The lowest BCUT2D eigenvalue weighted by Gasteiger charge is -2.16. The molecule has 0 atom stereocenters. The molecule has 2 N–H and O–H groups in total. The molecule has 2 amide bonds. The molecule has 0 aliphatic rings. The van der Waals surface area contributed by atoms with Crippen LogP contribution in [-0.4, -0.2) is 6.03 Å². The molecular weight excluding hydrogens is 338 g/mol. The van der Waals surface area contributed by atoms with Crippen LogP contribution in [0.1, 0.15) is 11.1 Å². The Hall–Kier alpha value is -2.71. The molecule has 2 rings (SSSR count). The number of hydrogen-bond acceptors (Lipinski definition) is 1. The van der Waals surface area contributed by atoms with Gasteiger partial charge in [-0.2, -0.15) is 26.3 Å². The summed E-state index contributed by atoms with van der Waals surface area (Å²) in [4.78, 5) is 11.8. The van der Waals surface area contributed by atoms with Crippen molar-refractivity contribution in [1.29, 1.82) is 0 Å². The Balaban J connectivity index is 2.22. The fourth-order valence-electron chi connectivity index (χ4n) is 1.95. The lowest BCUT2D eigenvalue weighted by molar-refractivity contribution is -0.137. The van der Waals surface area contributed by atoms with E-state index in [1.165, 1.54) is 12.1 Å². The molecule has 0 radical (unpaired) electrons. The highest BCUT2D eigenvalue weighted by Crippen LogP contribution is 2.36. The van der Waals surface area contributed by atoms with E-state index in [0.717, 1.165) is 36.4 Å². The Kier molecular flexibility index (Phi) is 4.72. The first kappa shape index (κ1) is 17.6. The molecule has 0 saturated carbocycles. The number of halogens is 6. The second-order valence-corrected chi connectivity index (χ2v) is 4.67. The van der Waals surface area contributed by atoms with Gasteiger partial charge < -0.3 is 10.6 Å². The maximum Gasteiger partial charge on any atom is 0.418 e. The van der Waals surface area contributed by atoms with Crippen molar-refractivity contribution in [2.24, 2.45) is 0 Å². The molecule has 3 nitrogen and oxygen atoms in total. The van der Waals surface area contributed by atoms with Gasteiger partial charge in [-0.15, -0.1) is 0 Å². The zero-order valence-electron chi connectivity index (χ0n) is 11.8. The second kappa shape index (κ2) is 6.42. The molecule has 9 heteroatoms. The lowest BCUT2D eigenvalue weighted by atomic mass is 10.1. The van der Waals surface area contributed by atoms with E-state index in [9.17, 15) is 31.1 Å². The summed E-state index contributed by atoms with van der Waals surface area (Å²) < 4.78 is 77.0. The number of amides is 2. The molecular formula is C15H10F6N2O. The van der Waals surface area contributed by atoms with E-state index in [1.54, 1.807) is 0 Å². The van der Waals surface area contributed by atoms with Crippen LogP contribution in [0.2, 0.25) is 0 Å². The number of para-hydroxylation sites is 2. The van der Waals surface area contributed by atoms with Crippen LogP contribution in [0.15, 0.2) is 48.5 Å². The van der Waals surface area contributed by atoms with Gasteiger partial charge in [0.05, 0.1) is 22.5 Å². The van der Waals surface area contributed by atoms with Gasteiger partial charge in [0, 0.05) is 0 Å². The number of benzene rings is 2. The van der Waals surface area contributed by atoms with Gasteiger partial charge in [0.2, 0.25) is 0 Å². The van der Waals surface area contributed by atoms with Crippen molar-refractivity contribution in [3.05, 3.63) is 59.7 Å². The summed E-state index contributed by atoms with van der Waals surface area (Å²) in [5.74, 6) is 0. The van der Waals surface area contributed by atoms with E-state index < -0.39 is 40.9 Å². The predicted octanol–water partition coefficient (Wildman–Crippen LogP) is 5.37. The van der Waals surface area contributed by atoms with E-state index in [-0.39, 0.29) is 0 Å². The van der Waals surface area contributed by atoms with Gasteiger partial charge in [0.25, 0.3) is 0 Å². The third-order valence-corrected chi connectivity index (χ3v) is 2.96. The fraction of sp³-hybridized carbons (Fsp3) is 0.133. The molecule has 0 fully saturated rings. The van der Waals surface area contributed by atoms with E-state index >= 15 is 0 Å². The number of urea groups is 1. The van der Waals surface area contributed by atoms with Crippen LogP contribution in [0.4, 0.5) is 42.5 Å². The summed E-state index contributed by atoms with van der Waals surface area (Å²) in [6, 6.07) is 7.05. The maximum atomic E-state index is 12.8. The molecule has 0 aromatic heterocycles. The van der Waals surface area contributed by atoms with Crippen molar-refractivity contribution >= 4 is 17.4 Å². The highest BCUT2D eigenvalue weighted by Gasteiger charge is 2.35. The highest BCUT2D eigenvalue weighted by atomic mass is 19.4. The largest absolute Gasteiger partial charge is 0.418 e. The van der Waals surface area contributed by atoms with Gasteiger partial charge in [-0.05, 0) is 24.3 Å². The van der Waals surface area contributed by atoms with Crippen LogP contribution < -0.4 is 10.6 Å². The maximum absolute atomic E-state index is 12.8. The normalized spacial score (nSPS) is 11.9. The highest BCUT2D eigenvalue weighted by molar-refractivity contribution is 6.00. The quantitative estimate of drug-likeness (QED) is 0.704. The molecule has 0 heterocycles. The number of carbonyl (C=O) groups is 1. The Labute approximate surface area is 132 Å². The number of alkyl halides is 6. The summed E-state index contributed by atoms with van der Waals surface area (Å²) in [6.45, 7) is 0. The summed E-state index contributed by atoms with van der Waals surface area (Å²) in [5, 5.41) is 3.81. The molecule has 0 saturated heterocycles. The van der Waals surface area contributed by atoms with Crippen LogP contribution in [0.25, 0.3) is 0 Å². The van der Waals surface area contributed by atoms with E-state index in [2.05, 4.69) is 0 Å². The molecule has 0 aliphatic carbocycles. The van der Waals surface area contributed by atoms with Gasteiger partial charge >= 0.3 is 18.4 Å². The monoisotopic (exact) mass is 348 g/mol. The van der Waals surface area contributed by atoms with Gasteiger partial charge in [-0.3, -0.25) is 0 Å². The van der Waals surface area contributed by atoms with E-state index in [0.29, 0.717) is 0 Å². The SMILES string of the molecule is O=C(Nc1ccccc1C(F)(F)F)Nc1ccccc1C(F)(F)F. The summed E-state index contributed by atoms with van der Waals surface area (Å²) in [5.41, 5.74) is -3.34. The topological polar surface area (TPSA) is 41.1 Å². The van der Waals surface area contributed by atoms with Crippen LogP contribution in [-0.2, 0) is 12.4 Å². The number of nitrogens with one attached hydrogen (secondary N) is 2. The minimum atomic E-state index is -4.71. The predicted molar refractivity (Wildman–Crippen MR) is 75.5 cm³/mol. The number of rotatable bonds is 2. The summed E-state index contributed by atoms with van der Waals surface area (Å²) >= 11 is 0. The number of carbonyl (C=O) groups excluding carboxylic acids is 1. The average molecular weight is 348 g/mol. The molecule has 2 aromatic rings. The van der Waals surface area contributed by atoms with Crippen LogP contribution >= 0.6 is 0 Å². The zero-order chi connectivity index (χ0) is 18.0. The van der Waals surface area contributed by atoms with Crippen molar-refractivity contribution < 1.29 is 31.1 Å². The minimum absolute atomic E-state index is 0.563. The number of hydrogen-bond donors (Lipinski definition) is 2. The first-order chi connectivity index (χ1) is 11.1. The van der Waals surface area contributed by atoms with Crippen molar-refractivity contribution in [2.75, 3.05) is 10.6 Å². The summed E-state index contributed by atoms with van der Waals surface area (Å²) in [7, 11) is 0. The third-order valence-electron chi connectivity index (χ3n) is 2.96. The fourth-order valence-corrected chi connectivity index (χ4v) is 1.95. The van der Waals surface area contributed by atoms with Crippen molar-refractivity contribution in [1.82, 2.24) is 0 Å². The van der Waals surface area contributed by atoms with Gasteiger partial charge in [-0.25, -0.2) is 4.79 Å². The van der Waals surface area contributed by atoms with Gasteiger partial charge in [-0.1, -0.05) is 24.3 Å². The van der Waals surface area contributed by atoms with Crippen molar-refractivity contribution in [3.8, 4) is 0 Å². The Morgan fingerprint density at radius 3 is 1.33 bits per heavy atom. The first-order valence-corrected chi connectivity index (χ1v) is 6.49. The first-order valence-electron chi connectivity index (χ1n) is 6.49. The minimum Gasteiger partial charge on any atom is -0.307 e. The number of anilines is 2. The molecule has 2 aromatic carbocycles. The van der Waals surface area contributed by atoms with Crippen LogP contribution in [0, 0.1) is 0 Å². The van der Waals surface area contributed by atoms with Crippen molar-refractivity contribution in [3.63, 3.8) is 0 Å². The summed E-state index contributed by atoms with van der Waals surface area (Å²) in [6.07, 6.45) is -9.43. The molecule has 0 unspecified atom stereocenters. The molecule has 0 spiro atoms. The standard InChI is InChI=1S/C15H10F6N2O/c16-14(17,18)9-5-1-3-7-11(9)22-13(24)23-12-8-4-2-6-10(12)15(19,20)21/h1-8H,(H2,22,23,24). The second-order valence-electron chi connectivity index (χ2n) is 4.67. The third kappa shape index (κ3) is 4.18. The Morgan fingerprint density at radius 2 is 1.00 bits per heavy atom. The molecule has 24 heavy (non-hydrogen) atoms. The molecule has 0 aliphatic heterocycles. The molecule has 0 bridgehead atoms. The zero-order valence-corrected chi connectivity index (χ0v) is 11.8. The van der Waals surface area contributed by atoms with E-state index in [4.69, 9.17) is 0 Å². The smallest absolute Gasteiger partial charge is 0.307 e. The van der Waals surface area contributed by atoms with Crippen molar-refractivity contribution in [2.45, 2.75) is 12.4 Å². The average Bonchev–Trinajstić information content (AvgIpc) is 2.46. The van der Waals surface area contributed by atoms with Crippen LogP contribution in [0.5, 0.6) is 0 Å². The Bertz CT molecular complexity index is 678.